The van der Waals surface area contributed by atoms with E-state index in [1.807, 2.05) is 24.3 Å². The van der Waals surface area contributed by atoms with Gasteiger partial charge in [0.25, 0.3) is 5.88 Å². The first-order valence-corrected chi connectivity index (χ1v) is 8.83. The van der Waals surface area contributed by atoms with Crippen molar-refractivity contribution in [1.29, 1.82) is 0 Å². The van der Waals surface area contributed by atoms with Gasteiger partial charge in [0.1, 0.15) is 5.75 Å². The molecular formula is C17H15Cl2N5O. The van der Waals surface area contributed by atoms with Crippen molar-refractivity contribution in [1.82, 2.24) is 19.9 Å². The van der Waals surface area contributed by atoms with E-state index < -0.39 is 0 Å². The Kier molecular flexibility index (Phi) is 4.31. The van der Waals surface area contributed by atoms with Gasteiger partial charge in [-0.05, 0) is 36.1 Å². The van der Waals surface area contributed by atoms with E-state index in [2.05, 4.69) is 31.8 Å². The van der Waals surface area contributed by atoms with Crippen LogP contribution in [0.5, 0.6) is 11.6 Å². The third-order valence-corrected chi connectivity index (χ3v) is 4.54. The fourth-order valence-corrected chi connectivity index (χ4v) is 3.01. The van der Waals surface area contributed by atoms with Crippen LogP contribution in [0.4, 0.5) is 5.82 Å². The molecule has 25 heavy (non-hydrogen) atoms. The highest BCUT2D eigenvalue weighted by Gasteiger charge is 2.23. The van der Waals surface area contributed by atoms with Crippen LogP contribution < -0.4 is 9.64 Å². The minimum atomic E-state index is 0.130. The molecule has 0 unspecified atom stereocenters. The smallest absolute Gasteiger partial charge is 0.259 e. The molecule has 0 saturated carbocycles. The Hall–Kier alpha value is -2.18. The Morgan fingerprint density at radius 3 is 2.60 bits per heavy atom. The zero-order valence-corrected chi connectivity index (χ0v) is 15.0. The minimum absolute atomic E-state index is 0.130. The molecule has 3 aromatic rings. The highest BCUT2D eigenvalue weighted by Crippen LogP contribution is 2.33. The number of aromatic nitrogens is 4. The first kappa shape index (κ1) is 16.3. The SMILES string of the molecule is CCc1ccccc1Oc1nc2nc(Cl)nc(N3CCC3)c2nc1Cl. The number of hydrogen-bond acceptors (Lipinski definition) is 6. The molecule has 2 aromatic heterocycles. The first-order chi connectivity index (χ1) is 12.2. The Bertz CT molecular complexity index is 946. The van der Waals surface area contributed by atoms with E-state index in [1.54, 1.807) is 0 Å². The number of benzene rings is 1. The van der Waals surface area contributed by atoms with Crippen molar-refractivity contribution in [2.24, 2.45) is 0 Å². The van der Waals surface area contributed by atoms with Crippen LogP contribution in [0.15, 0.2) is 24.3 Å². The van der Waals surface area contributed by atoms with Crippen molar-refractivity contribution < 1.29 is 4.74 Å². The monoisotopic (exact) mass is 375 g/mol. The van der Waals surface area contributed by atoms with Crippen LogP contribution in [-0.4, -0.2) is 33.0 Å². The number of hydrogen-bond donors (Lipinski definition) is 0. The van der Waals surface area contributed by atoms with Crippen molar-refractivity contribution in [3.8, 4) is 11.6 Å². The number of para-hydroxylation sites is 1. The molecule has 0 amide bonds. The van der Waals surface area contributed by atoms with Gasteiger partial charge in [0.15, 0.2) is 22.1 Å². The Balaban J connectivity index is 1.79. The highest BCUT2D eigenvalue weighted by molar-refractivity contribution is 6.31. The van der Waals surface area contributed by atoms with E-state index in [-0.39, 0.29) is 16.3 Å². The third-order valence-electron chi connectivity index (χ3n) is 4.13. The van der Waals surface area contributed by atoms with Crippen LogP contribution in [0.25, 0.3) is 11.2 Å². The quantitative estimate of drug-likeness (QED) is 0.633. The molecule has 128 valence electrons. The summed E-state index contributed by atoms with van der Waals surface area (Å²) >= 11 is 12.4. The second-order valence-corrected chi connectivity index (χ2v) is 6.41. The fraction of sp³-hybridized carbons (Fsp3) is 0.294. The summed E-state index contributed by atoms with van der Waals surface area (Å²) in [6, 6.07) is 7.74. The Morgan fingerprint density at radius 1 is 1.08 bits per heavy atom. The summed E-state index contributed by atoms with van der Waals surface area (Å²) in [5, 5.41) is 0.303. The molecule has 3 heterocycles. The zero-order chi connectivity index (χ0) is 17.4. The van der Waals surface area contributed by atoms with Crippen molar-refractivity contribution >= 4 is 40.2 Å². The van der Waals surface area contributed by atoms with Gasteiger partial charge in [-0.2, -0.15) is 15.0 Å². The van der Waals surface area contributed by atoms with Gasteiger partial charge in [-0.1, -0.05) is 36.7 Å². The highest BCUT2D eigenvalue weighted by atomic mass is 35.5. The standard InChI is InChI=1S/C17H15Cl2N5O/c1-2-10-6-3-4-7-11(10)25-16-13(18)20-12-14(21-16)22-17(19)23-15(12)24-8-5-9-24/h3-4,6-7H,2,5,8-9H2,1H3. The Morgan fingerprint density at radius 2 is 1.88 bits per heavy atom. The van der Waals surface area contributed by atoms with Gasteiger partial charge in [-0.3, -0.25) is 0 Å². The van der Waals surface area contributed by atoms with Crippen molar-refractivity contribution in [3.05, 3.63) is 40.3 Å². The summed E-state index contributed by atoms with van der Waals surface area (Å²) in [5.74, 6) is 1.57. The van der Waals surface area contributed by atoms with Crippen LogP contribution >= 0.6 is 23.2 Å². The maximum Gasteiger partial charge on any atom is 0.259 e. The number of anilines is 1. The van der Waals surface area contributed by atoms with Gasteiger partial charge in [-0.15, -0.1) is 0 Å². The van der Waals surface area contributed by atoms with E-state index in [1.165, 1.54) is 0 Å². The predicted molar refractivity (Wildman–Crippen MR) is 97.9 cm³/mol. The summed E-state index contributed by atoms with van der Waals surface area (Å²) < 4.78 is 5.90. The van der Waals surface area contributed by atoms with E-state index in [9.17, 15) is 0 Å². The number of aryl methyl sites for hydroxylation is 1. The van der Waals surface area contributed by atoms with Gasteiger partial charge in [0.2, 0.25) is 5.28 Å². The summed E-state index contributed by atoms with van der Waals surface area (Å²) in [7, 11) is 0. The number of ether oxygens (including phenoxy) is 1. The van der Waals surface area contributed by atoms with Crippen LogP contribution in [0, 0.1) is 0 Å². The fourth-order valence-electron chi connectivity index (χ4n) is 2.68. The van der Waals surface area contributed by atoms with E-state index in [0.717, 1.165) is 31.5 Å². The van der Waals surface area contributed by atoms with Crippen molar-refractivity contribution in [2.45, 2.75) is 19.8 Å². The average molecular weight is 376 g/mol. The number of nitrogens with zero attached hydrogens (tertiary/aromatic N) is 5. The van der Waals surface area contributed by atoms with Gasteiger partial charge in [0.05, 0.1) is 0 Å². The second kappa shape index (κ2) is 6.61. The number of rotatable bonds is 4. The summed E-state index contributed by atoms with van der Waals surface area (Å²) in [4.78, 5) is 19.4. The first-order valence-electron chi connectivity index (χ1n) is 8.07. The van der Waals surface area contributed by atoms with E-state index in [0.29, 0.717) is 22.7 Å². The molecule has 0 aliphatic carbocycles. The van der Waals surface area contributed by atoms with E-state index >= 15 is 0 Å². The van der Waals surface area contributed by atoms with Crippen LogP contribution in [-0.2, 0) is 6.42 Å². The van der Waals surface area contributed by atoms with Gasteiger partial charge >= 0.3 is 0 Å². The topological polar surface area (TPSA) is 64.0 Å². The molecule has 0 atom stereocenters. The average Bonchev–Trinajstić information content (AvgIpc) is 2.55. The van der Waals surface area contributed by atoms with Crippen LogP contribution in [0.1, 0.15) is 18.9 Å². The van der Waals surface area contributed by atoms with Gasteiger partial charge in [0, 0.05) is 13.1 Å². The molecule has 1 aliphatic rings. The zero-order valence-electron chi connectivity index (χ0n) is 13.5. The van der Waals surface area contributed by atoms with E-state index in [4.69, 9.17) is 27.9 Å². The molecule has 8 heteroatoms. The number of fused-ring (bicyclic) bond motifs is 1. The van der Waals surface area contributed by atoms with Crippen LogP contribution in [0.3, 0.4) is 0 Å². The summed E-state index contributed by atoms with van der Waals surface area (Å²) in [6.45, 7) is 3.87. The molecule has 0 N–H and O–H groups in total. The Labute approximate surface area is 154 Å². The minimum Gasteiger partial charge on any atom is -0.436 e. The maximum absolute atomic E-state index is 6.32. The number of halogens is 2. The molecular weight excluding hydrogens is 361 g/mol. The molecule has 0 spiro atoms. The van der Waals surface area contributed by atoms with Crippen LogP contribution in [0.2, 0.25) is 10.4 Å². The van der Waals surface area contributed by atoms with Crippen molar-refractivity contribution in [3.63, 3.8) is 0 Å². The molecule has 4 rings (SSSR count). The molecule has 6 nitrogen and oxygen atoms in total. The van der Waals surface area contributed by atoms with Crippen molar-refractivity contribution in [2.75, 3.05) is 18.0 Å². The molecule has 0 radical (unpaired) electrons. The second-order valence-electron chi connectivity index (χ2n) is 5.71. The molecule has 1 fully saturated rings. The molecule has 1 aliphatic heterocycles. The van der Waals surface area contributed by atoms with Gasteiger partial charge < -0.3 is 9.64 Å². The predicted octanol–water partition coefficient (Wildman–Crippen LogP) is 4.29. The largest absolute Gasteiger partial charge is 0.436 e. The lowest BCUT2D eigenvalue weighted by molar-refractivity contribution is 0.457. The lowest BCUT2D eigenvalue weighted by Crippen LogP contribution is -2.38. The lowest BCUT2D eigenvalue weighted by Gasteiger charge is -2.32. The molecule has 1 saturated heterocycles. The maximum atomic E-state index is 6.32. The normalized spacial score (nSPS) is 13.8. The molecule has 0 bridgehead atoms. The molecule has 1 aromatic carbocycles. The summed E-state index contributed by atoms with van der Waals surface area (Å²) in [5.41, 5.74) is 1.96. The van der Waals surface area contributed by atoms with Gasteiger partial charge in [-0.25, -0.2) is 4.98 Å². The lowest BCUT2D eigenvalue weighted by atomic mass is 10.1. The third kappa shape index (κ3) is 3.07. The summed E-state index contributed by atoms with van der Waals surface area (Å²) in [6.07, 6.45) is 1.95.